The first-order chi connectivity index (χ1) is 19.3. The van der Waals surface area contributed by atoms with Crippen molar-refractivity contribution in [1.82, 2.24) is 4.90 Å². The zero-order valence-electron chi connectivity index (χ0n) is 23.5. The predicted octanol–water partition coefficient (Wildman–Crippen LogP) is 1.74. The average molecular weight is 562 g/mol. The molecule has 0 radical (unpaired) electrons. The zero-order chi connectivity index (χ0) is 30.0. The number of rotatable bonds is 6. The minimum atomic E-state index is -2.73. The molecule has 0 saturated heterocycles. The van der Waals surface area contributed by atoms with Crippen LogP contribution < -0.4 is 11.1 Å². The number of nitrogens with two attached hydrogens (primary N) is 1. The lowest BCUT2D eigenvalue weighted by Crippen LogP contribution is -2.74. The number of likely N-dealkylation sites (N-methyl/N-ethyl adjacent to an activating group) is 1. The number of benzene rings is 2. The van der Waals surface area contributed by atoms with Gasteiger partial charge in [0.2, 0.25) is 5.91 Å². The van der Waals surface area contributed by atoms with Crippen LogP contribution in [0.25, 0.3) is 11.1 Å². The monoisotopic (exact) mass is 561 g/mol. The molecule has 5 N–H and O–H groups in total. The summed E-state index contributed by atoms with van der Waals surface area (Å²) in [5.41, 5.74) is 5.67. The van der Waals surface area contributed by atoms with Gasteiger partial charge in [0.05, 0.1) is 17.5 Å². The zero-order valence-corrected chi connectivity index (χ0v) is 23.5. The number of nitrogens with zero attached hydrogens (tertiary/aromatic N) is 1. The highest BCUT2D eigenvalue weighted by molar-refractivity contribution is 6.32. The molecule has 41 heavy (non-hydrogen) atoms. The lowest BCUT2D eigenvalue weighted by Gasteiger charge is -2.52. The minimum absolute atomic E-state index is 0.0107. The number of amides is 1. The van der Waals surface area contributed by atoms with E-state index in [0.29, 0.717) is 11.6 Å². The van der Waals surface area contributed by atoms with Crippen molar-refractivity contribution in [3.05, 3.63) is 47.5 Å². The van der Waals surface area contributed by atoms with E-state index in [1.54, 1.807) is 20.2 Å². The first kappa shape index (κ1) is 28.6. The SMILES string of the molecule is CCC(C)Nc1ccc(-c2ccc(O)c3c2CC2CC4C(N(C)C)C(=O)C(C(N)=O)C(=O)C4(O)C(=O)C2C3=O)cc1. The van der Waals surface area contributed by atoms with Crippen LogP contribution in [0.15, 0.2) is 36.4 Å². The van der Waals surface area contributed by atoms with Gasteiger partial charge >= 0.3 is 0 Å². The summed E-state index contributed by atoms with van der Waals surface area (Å²) in [6.07, 6.45) is 1.18. The summed E-state index contributed by atoms with van der Waals surface area (Å²) < 4.78 is 0. The van der Waals surface area contributed by atoms with Gasteiger partial charge in [-0.25, -0.2) is 0 Å². The van der Waals surface area contributed by atoms with Gasteiger partial charge in [0.25, 0.3) is 0 Å². The van der Waals surface area contributed by atoms with Gasteiger partial charge in [-0.15, -0.1) is 0 Å². The van der Waals surface area contributed by atoms with Gasteiger partial charge in [0.15, 0.2) is 34.7 Å². The maximum Gasteiger partial charge on any atom is 0.235 e. The summed E-state index contributed by atoms with van der Waals surface area (Å²) in [5, 5.41) is 25.9. The van der Waals surface area contributed by atoms with Crippen LogP contribution in [-0.2, 0) is 25.6 Å². The molecule has 1 amide bonds. The van der Waals surface area contributed by atoms with Gasteiger partial charge in [0, 0.05) is 17.6 Å². The third-order valence-corrected chi connectivity index (χ3v) is 9.17. The van der Waals surface area contributed by atoms with Crippen molar-refractivity contribution in [2.24, 2.45) is 29.4 Å². The minimum Gasteiger partial charge on any atom is -0.507 e. The number of aromatic hydroxyl groups is 1. The van der Waals surface area contributed by atoms with E-state index in [4.69, 9.17) is 5.73 Å². The van der Waals surface area contributed by atoms with Gasteiger partial charge in [-0.05, 0) is 81.1 Å². The number of Topliss-reactive ketones (excluding diaryl/α,β-unsaturated/α-hetero) is 4. The van der Waals surface area contributed by atoms with E-state index >= 15 is 0 Å². The number of fused-ring (bicyclic) bond motifs is 3. The van der Waals surface area contributed by atoms with E-state index in [0.717, 1.165) is 23.2 Å². The third-order valence-electron chi connectivity index (χ3n) is 9.17. The summed E-state index contributed by atoms with van der Waals surface area (Å²) in [6, 6.07) is 10.0. The van der Waals surface area contributed by atoms with Gasteiger partial charge in [0.1, 0.15) is 5.75 Å². The molecule has 0 bridgehead atoms. The van der Waals surface area contributed by atoms with Crippen LogP contribution in [-0.4, -0.2) is 75.9 Å². The molecule has 0 heterocycles. The third kappa shape index (κ3) is 4.28. The number of ketones is 4. The Kier molecular flexibility index (Phi) is 7.11. The number of carbonyl (C=O) groups excluding carboxylic acids is 5. The summed E-state index contributed by atoms with van der Waals surface area (Å²) in [4.78, 5) is 68.1. The number of anilines is 1. The Bertz CT molecular complexity index is 1470. The topological polar surface area (TPSA) is 167 Å². The first-order valence-corrected chi connectivity index (χ1v) is 13.9. The van der Waals surface area contributed by atoms with E-state index in [9.17, 15) is 34.2 Å². The molecule has 3 aliphatic carbocycles. The number of hydrogen-bond donors (Lipinski definition) is 4. The van der Waals surface area contributed by atoms with Crippen molar-refractivity contribution in [3.63, 3.8) is 0 Å². The van der Waals surface area contributed by atoms with Gasteiger partial charge in [-0.1, -0.05) is 25.1 Å². The number of nitrogens with one attached hydrogen (secondary N) is 1. The molecule has 0 spiro atoms. The number of hydrogen-bond acceptors (Lipinski definition) is 9. The molecule has 2 aromatic carbocycles. The van der Waals surface area contributed by atoms with Crippen LogP contribution in [0.1, 0.15) is 42.6 Å². The number of phenolic OH excluding ortho intramolecular Hbond substituents is 1. The molecule has 0 aliphatic heterocycles. The van der Waals surface area contributed by atoms with Gasteiger partial charge in [-0.3, -0.25) is 28.9 Å². The second kappa shape index (κ2) is 10.2. The molecule has 10 heteroatoms. The lowest BCUT2D eigenvalue weighted by atomic mass is 9.52. The Labute approximate surface area is 237 Å². The van der Waals surface area contributed by atoms with Crippen LogP contribution in [0.4, 0.5) is 5.69 Å². The standard InChI is InChI=1S/C31H35N3O7/c1-5-14(2)33-17-8-6-15(7-9-17)18-10-11-21(35)23-19(18)12-16-13-20-25(34(3)4)27(37)24(30(32)40)29(39)31(20,41)28(38)22(16)26(23)36/h6-11,14,16,20,22,24-25,33,35,41H,5,12-13H2,1-4H3,(H2,32,40). The van der Waals surface area contributed by atoms with E-state index in [2.05, 4.69) is 19.2 Å². The van der Waals surface area contributed by atoms with Crippen LogP contribution in [0.2, 0.25) is 0 Å². The fourth-order valence-corrected chi connectivity index (χ4v) is 7.01. The molecule has 7 atom stereocenters. The largest absolute Gasteiger partial charge is 0.507 e. The average Bonchev–Trinajstić information content (AvgIpc) is 2.91. The Morgan fingerprint density at radius 3 is 2.34 bits per heavy atom. The molecule has 2 fully saturated rings. The summed E-state index contributed by atoms with van der Waals surface area (Å²) in [5.74, 6) is -10.5. The van der Waals surface area contributed by atoms with E-state index in [1.165, 1.54) is 11.0 Å². The van der Waals surface area contributed by atoms with Gasteiger partial charge in [-0.2, -0.15) is 0 Å². The molecule has 7 unspecified atom stereocenters. The molecule has 2 aromatic rings. The lowest BCUT2D eigenvalue weighted by molar-refractivity contribution is -0.181. The van der Waals surface area contributed by atoms with E-state index in [-0.39, 0.29) is 24.2 Å². The van der Waals surface area contributed by atoms with Crippen LogP contribution >= 0.6 is 0 Å². The van der Waals surface area contributed by atoms with Crippen molar-refractivity contribution >= 4 is 34.7 Å². The molecular formula is C31H35N3O7. The number of phenols is 1. The highest BCUT2D eigenvalue weighted by Gasteiger charge is 2.69. The second-order valence-electron chi connectivity index (χ2n) is 11.8. The summed E-state index contributed by atoms with van der Waals surface area (Å²) in [6.45, 7) is 4.17. The normalized spacial score (nSPS) is 30.0. The molecule has 10 nitrogen and oxygen atoms in total. The van der Waals surface area contributed by atoms with Crippen LogP contribution in [0, 0.1) is 23.7 Å². The maximum absolute atomic E-state index is 13.9. The van der Waals surface area contributed by atoms with Crippen molar-refractivity contribution < 1.29 is 34.2 Å². The van der Waals surface area contributed by atoms with E-state index < -0.39 is 64.4 Å². The summed E-state index contributed by atoms with van der Waals surface area (Å²) in [7, 11) is 3.12. The highest BCUT2D eigenvalue weighted by atomic mass is 16.3. The summed E-state index contributed by atoms with van der Waals surface area (Å²) >= 11 is 0. The predicted molar refractivity (Wildman–Crippen MR) is 150 cm³/mol. The number of primary amides is 1. The second-order valence-corrected chi connectivity index (χ2v) is 11.8. The van der Waals surface area contributed by atoms with Crippen LogP contribution in [0.5, 0.6) is 5.75 Å². The molecule has 0 aromatic heterocycles. The van der Waals surface area contributed by atoms with Crippen LogP contribution in [0.3, 0.4) is 0 Å². The fraction of sp³-hybridized carbons (Fsp3) is 0.452. The molecule has 216 valence electrons. The maximum atomic E-state index is 13.9. The molecule has 2 saturated carbocycles. The highest BCUT2D eigenvalue weighted by Crippen LogP contribution is 2.51. The molecule has 3 aliphatic rings. The molecule has 5 rings (SSSR count). The van der Waals surface area contributed by atoms with Crippen molar-refractivity contribution in [3.8, 4) is 16.9 Å². The number of aliphatic hydroxyl groups is 1. The Morgan fingerprint density at radius 2 is 1.76 bits per heavy atom. The van der Waals surface area contributed by atoms with Gasteiger partial charge < -0.3 is 21.3 Å². The smallest absolute Gasteiger partial charge is 0.235 e. The Hall–Kier alpha value is -3.89. The Balaban J connectivity index is 1.58. The van der Waals surface area contributed by atoms with E-state index in [1.807, 2.05) is 24.3 Å². The number of carbonyl (C=O) groups is 5. The van der Waals surface area contributed by atoms with Crippen molar-refractivity contribution in [2.45, 2.75) is 50.8 Å². The fourth-order valence-electron chi connectivity index (χ4n) is 7.01. The molecular weight excluding hydrogens is 526 g/mol. The quantitative estimate of drug-likeness (QED) is 0.384. The Morgan fingerprint density at radius 1 is 1.10 bits per heavy atom. The van der Waals surface area contributed by atoms with Crippen molar-refractivity contribution in [2.75, 3.05) is 19.4 Å². The first-order valence-electron chi connectivity index (χ1n) is 13.9. The van der Waals surface area contributed by atoms with Crippen molar-refractivity contribution in [1.29, 1.82) is 0 Å².